The summed E-state index contributed by atoms with van der Waals surface area (Å²) in [6.45, 7) is 4.34. The van der Waals surface area contributed by atoms with E-state index < -0.39 is 5.82 Å². The number of rotatable bonds is 9. The minimum atomic E-state index is -0.423. The van der Waals surface area contributed by atoms with Crippen LogP contribution in [0.2, 0.25) is 0 Å². The molecule has 1 fully saturated rings. The smallest absolute Gasteiger partial charge is 0.230 e. The first-order chi connectivity index (χ1) is 14.7. The molecule has 1 aromatic carbocycles. The summed E-state index contributed by atoms with van der Waals surface area (Å²) in [5, 5.41) is 12.1. The van der Waals surface area contributed by atoms with Crippen molar-refractivity contribution in [2.24, 2.45) is 0 Å². The van der Waals surface area contributed by atoms with Gasteiger partial charge in [-0.1, -0.05) is 62.1 Å². The van der Waals surface area contributed by atoms with E-state index in [4.69, 9.17) is 4.74 Å². The van der Waals surface area contributed by atoms with Gasteiger partial charge in [-0.05, 0) is 25.0 Å². The number of nitrogens with one attached hydrogen (secondary N) is 1. The molecule has 6 nitrogen and oxygen atoms in total. The zero-order valence-electron chi connectivity index (χ0n) is 17.2. The van der Waals surface area contributed by atoms with Crippen LogP contribution in [0.5, 0.6) is 5.75 Å². The molecule has 3 rings (SSSR count). The number of halogens is 1. The molecule has 1 aliphatic carbocycles. The van der Waals surface area contributed by atoms with E-state index in [2.05, 4.69) is 22.1 Å². The summed E-state index contributed by atoms with van der Waals surface area (Å²) in [5.41, 5.74) is 0. The predicted octanol–water partition coefficient (Wildman–Crippen LogP) is 4.50. The molecule has 0 bridgehead atoms. The summed E-state index contributed by atoms with van der Waals surface area (Å²) < 4.78 is 21.1. The summed E-state index contributed by atoms with van der Waals surface area (Å²) in [7, 11) is 0. The van der Waals surface area contributed by atoms with Gasteiger partial charge in [-0.2, -0.15) is 0 Å². The molecule has 0 radical (unpaired) electrons. The Kier molecular flexibility index (Phi) is 8.74. The van der Waals surface area contributed by atoms with Crippen LogP contribution in [-0.2, 0) is 17.9 Å². The van der Waals surface area contributed by atoms with Gasteiger partial charge in [-0.15, -0.1) is 16.8 Å². The van der Waals surface area contributed by atoms with Gasteiger partial charge >= 0.3 is 0 Å². The number of allylic oxidation sites excluding steroid dienone is 1. The van der Waals surface area contributed by atoms with Crippen molar-refractivity contribution in [1.82, 2.24) is 20.1 Å². The van der Waals surface area contributed by atoms with Crippen LogP contribution in [0.25, 0.3) is 0 Å². The highest BCUT2D eigenvalue weighted by molar-refractivity contribution is 7.99. The van der Waals surface area contributed by atoms with Crippen LogP contribution in [0.1, 0.15) is 50.8 Å². The maximum atomic E-state index is 13.8. The fourth-order valence-electron chi connectivity index (χ4n) is 3.55. The molecule has 162 valence electrons. The minimum absolute atomic E-state index is 0.0166. The van der Waals surface area contributed by atoms with Gasteiger partial charge in [0.1, 0.15) is 6.61 Å². The number of hydrogen-bond donors (Lipinski definition) is 1. The molecule has 1 aromatic heterocycles. The quantitative estimate of drug-likeness (QED) is 0.467. The number of carbonyl (C=O) groups is 1. The van der Waals surface area contributed by atoms with E-state index in [0.29, 0.717) is 17.5 Å². The fourth-order valence-corrected chi connectivity index (χ4v) is 4.33. The van der Waals surface area contributed by atoms with Crippen LogP contribution < -0.4 is 10.1 Å². The molecule has 0 unspecified atom stereocenters. The lowest BCUT2D eigenvalue weighted by atomic mass is 9.97. The summed E-state index contributed by atoms with van der Waals surface area (Å²) in [5.74, 6) is 0.593. The summed E-state index contributed by atoms with van der Waals surface area (Å²) >= 11 is 1.34. The van der Waals surface area contributed by atoms with Crippen molar-refractivity contribution in [3.8, 4) is 5.75 Å². The van der Waals surface area contributed by atoms with E-state index in [1.807, 2.05) is 4.57 Å². The van der Waals surface area contributed by atoms with E-state index in [0.717, 1.165) is 12.8 Å². The van der Waals surface area contributed by atoms with Crippen molar-refractivity contribution in [2.75, 3.05) is 5.75 Å². The van der Waals surface area contributed by atoms with Crippen molar-refractivity contribution < 1.29 is 13.9 Å². The predicted molar refractivity (Wildman–Crippen MR) is 116 cm³/mol. The molecule has 1 N–H and O–H groups in total. The second kappa shape index (κ2) is 11.7. The zero-order chi connectivity index (χ0) is 21.2. The van der Waals surface area contributed by atoms with Gasteiger partial charge in [0.15, 0.2) is 22.5 Å². The minimum Gasteiger partial charge on any atom is -0.483 e. The molecule has 0 atom stereocenters. The molecule has 8 heteroatoms. The Morgan fingerprint density at radius 3 is 2.70 bits per heavy atom. The second-order valence-corrected chi connectivity index (χ2v) is 8.36. The molecular formula is C22H29FN4O2S. The monoisotopic (exact) mass is 432 g/mol. The third-order valence-corrected chi connectivity index (χ3v) is 6.07. The SMILES string of the molecule is C=CCn1c(COc2ccccc2F)nnc1SCC(=O)NC1CCCCCCC1. The van der Waals surface area contributed by atoms with Crippen LogP contribution in [0, 0.1) is 5.82 Å². The van der Waals surface area contributed by atoms with Crippen LogP contribution in [0.4, 0.5) is 4.39 Å². The molecule has 0 spiro atoms. The van der Waals surface area contributed by atoms with Crippen molar-refractivity contribution in [1.29, 1.82) is 0 Å². The summed E-state index contributed by atoms with van der Waals surface area (Å²) in [6, 6.07) is 6.51. The standard InChI is InChI=1S/C22H29FN4O2S/c1-2-14-27-20(15-29-19-13-9-8-12-18(19)23)25-26-22(27)30-16-21(28)24-17-10-6-4-3-5-7-11-17/h2,8-9,12-13,17H,1,3-7,10-11,14-16H2,(H,24,28). The van der Waals surface area contributed by atoms with Gasteiger partial charge < -0.3 is 10.1 Å². The molecule has 2 aromatic rings. The molecule has 1 aliphatic rings. The number of ether oxygens (including phenoxy) is 1. The number of hydrogen-bond acceptors (Lipinski definition) is 5. The first kappa shape index (κ1) is 22.3. The van der Waals surface area contributed by atoms with E-state index in [1.54, 1.807) is 24.3 Å². The van der Waals surface area contributed by atoms with Gasteiger partial charge in [-0.25, -0.2) is 4.39 Å². The Hall–Kier alpha value is -2.35. The first-order valence-corrected chi connectivity index (χ1v) is 11.5. The molecule has 0 aliphatic heterocycles. The van der Waals surface area contributed by atoms with Gasteiger partial charge in [0, 0.05) is 12.6 Å². The highest BCUT2D eigenvalue weighted by atomic mass is 32.2. The number of amides is 1. The molecule has 0 saturated heterocycles. The Labute approximate surface area is 181 Å². The Morgan fingerprint density at radius 1 is 1.23 bits per heavy atom. The lowest BCUT2D eigenvalue weighted by Gasteiger charge is -2.20. The van der Waals surface area contributed by atoms with Crippen molar-refractivity contribution in [3.63, 3.8) is 0 Å². The summed E-state index contributed by atoms with van der Waals surface area (Å²) in [6.07, 6.45) is 10.0. The maximum absolute atomic E-state index is 13.8. The largest absolute Gasteiger partial charge is 0.483 e. The van der Waals surface area contributed by atoms with Crippen molar-refractivity contribution >= 4 is 17.7 Å². The number of thioether (sulfide) groups is 1. The molecular weight excluding hydrogens is 403 g/mol. The summed E-state index contributed by atoms with van der Waals surface area (Å²) in [4.78, 5) is 12.4. The van der Waals surface area contributed by atoms with E-state index >= 15 is 0 Å². The number of benzene rings is 1. The molecule has 30 heavy (non-hydrogen) atoms. The third-order valence-electron chi connectivity index (χ3n) is 5.10. The Bertz CT molecular complexity index is 834. The Balaban J connectivity index is 1.55. The maximum Gasteiger partial charge on any atom is 0.230 e. The third kappa shape index (κ3) is 6.58. The van der Waals surface area contributed by atoms with E-state index in [9.17, 15) is 9.18 Å². The normalized spacial score (nSPS) is 15.2. The second-order valence-electron chi connectivity index (χ2n) is 7.42. The molecule has 1 amide bonds. The van der Waals surface area contributed by atoms with Crippen molar-refractivity contribution in [3.05, 3.63) is 48.6 Å². The fraction of sp³-hybridized carbons (Fsp3) is 0.500. The van der Waals surface area contributed by atoms with Crippen LogP contribution in [-0.4, -0.2) is 32.5 Å². The number of aromatic nitrogens is 3. The van der Waals surface area contributed by atoms with Crippen LogP contribution in [0.15, 0.2) is 42.1 Å². The zero-order valence-corrected chi connectivity index (χ0v) is 18.0. The highest BCUT2D eigenvalue weighted by Crippen LogP contribution is 2.21. The van der Waals surface area contributed by atoms with Crippen LogP contribution >= 0.6 is 11.8 Å². The number of para-hydroxylation sites is 1. The average Bonchev–Trinajstić information content (AvgIpc) is 3.10. The lowest BCUT2D eigenvalue weighted by Crippen LogP contribution is -2.36. The van der Waals surface area contributed by atoms with Crippen LogP contribution in [0.3, 0.4) is 0 Å². The van der Waals surface area contributed by atoms with Gasteiger partial charge in [0.05, 0.1) is 5.75 Å². The van der Waals surface area contributed by atoms with Crippen molar-refractivity contribution in [2.45, 2.75) is 69.3 Å². The number of carbonyl (C=O) groups excluding carboxylic acids is 1. The lowest BCUT2D eigenvalue weighted by molar-refractivity contribution is -0.119. The van der Waals surface area contributed by atoms with E-state index in [1.165, 1.54) is 49.9 Å². The van der Waals surface area contributed by atoms with E-state index in [-0.39, 0.29) is 30.1 Å². The van der Waals surface area contributed by atoms with Gasteiger partial charge in [-0.3, -0.25) is 9.36 Å². The molecule has 1 saturated carbocycles. The highest BCUT2D eigenvalue weighted by Gasteiger charge is 2.17. The Morgan fingerprint density at radius 2 is 1.97 bits per heavy atom. The van der Waals surface area contributed by atoms with Gasteiger partial charge in [0.25, 0.3) is 0 Å². The number of nitrogens with zero attached hydrogens (tertiary/aromatic N) is 3. The van der Waals surface area contributed by atoms with Gasteiger partial charge in [0.2, 0.25) is 5.91 Å². The first-order valence-electron chi connectivity index (χ1n) is 10.5. The average molecular weight is 433 g/mol. The molecule has 1 heterocycles. The topological polar surface area (TPSA) is 69.0 Å².